The van der Waals surface area contributed by atoms with Crippen molar-refractivity contribution in [2.75, 3.05) is 0 Å². The van der Waals surface area contributed by atoms with E-state index in [0.29, 0.717) is 0 Å². The van der Waals surface area contributed by atoms with Gasteiger partial charge in [0.2, 0.25) is 0 Å². The van der Waals surface area contributed by atoms with Gasteiger partial charge in [-0.1, -0.05) is 79.1 Å². The summed E-state index contributed by atoms with van der Waals surface area (Å²) in [6, 6.07) is 0. The SMILES string of the molecule is CCCCCC.CCCCCC.OP(O)(O)=S.OP(O)(O)=S.[Cu]. The van der Waals surface area contributed by atoms with Gasteiger partial charge in [0.1, 0.15) is 0 Å². The third-order valence-electron chi connectivity index (χ3n) is 1.91. The van der Waals surface area contributed by atoms with Crippen LogP contribution in [0.3, 0.4) is 0 Å². The van der Waals surface area contributed by atoms with E-state index in [4.69, 9.17) is 29.4 Å². The first kappa shape index (κ1) is 35.6. The van der Waals surface area contributed by atoms with Crippen molar-refractivity contribution in [3.63, 3.8) is 0 Å². The minimum Gasteiger partial charge on any atom is -0.325 e. The summed E-state index contributed by atoms with van der Waals surface area (Å²) in [6.45, 7) is 1.32. The van der Waals surface area contributed by atoms with Crippen molar-refractivity contribution < 1.29 is 46.4 Å². The minimum absolute atomic E-state index is 0. The predicted molar refractivity (Wildman–Crippen MR) is 102 cm³/mol. The fourth-order valence-corrected chi connectivity index (χ4v) is 1.000. The van der Waals surface area contributed by atoms with Gasteiger partial charge in [-0.05, 0) is 23.6 Å². The molecule has 6 N–H and O–H groups in total. The van der Waals surface area contributed by atoms with Gasteiger partial charge >= 0.3 is 13.4 Å². The topological polar surface area (TPSA) is 121 Å². The van der Waals surface area contributed by atoms with Crippen molar-refractivity contribution in [2.45, 2.75) is 79.1 Å². The van der Waals surface area contributed by atoms with Gasteiger partial charge in [0.15, 0.2) is 0 Å². The molecular formula is C12H34CuO6P2S2. The van der Waals surface area contributed by atoms with Crippen LogP contribution in [0.4, 0.5) is 0 Å². The molecule has 0 saturated carbocycles. The van der Waals surface area contributed by atoms with E-state index in [-0.39, 0.29) is 17.1 Å². The molecule has 0 fully saturated rings. The standard InChI is InChI=1S/2C6H14.Cu.2H3O3PS/c2*1-3-5-6-4-2;;2*1-4(2,3)5/h2*3-6H2,1-2H3;;2*(H3,1,2,3,5). The molecule has 1 radical (unpaired) electrons. The fourth-order valence-electron chi connectivity index (χ4n) is 1.000. The van der Waals surface area contributed by atoms with Crippen LogP contribution in [-0.4, -0.2) is 29.4 Å². The number of unbranched alkanes of at least 4 members (excludes halogenated alkanes) is 6. The molecular weight excluding hydrogens is 430 g/mol. The minimum atomic E-state index is -3.81. The van der Waals surface area contributed by atoms with Crippen molar-refractivity contribution in [1.29, 1.82) is 0 Å². The Balaban J connectivity index is -0.0000000620. The molecule has 0 spiro atoms. The molecule has 0 bridgehead atoms. The van der Waals surface area contributed by atoms with E-state index in [0.717, 1.165) is 0 Å². The Labute approximate surface area is 162 Å². The Morgan fingerprint density at radius 3 is 0.652 bits per heavy atom. The second-order valence-corrected chi connectivity index (χ2v) is 9.43. The van der Waals surface area contributed by atoms with Crippen LogP contribution in [0.2, 0.25) is 0 Å². The first-order valence-corrected chi connectivity index (χ1v) is 12.7. The molecule has 0 aliphatic carbocycles. The van der Waals surface area contributed by atoms with Gasteiger partial charge in [-0.2, -0.15) is 0 Å². The Morgan fingerprint density at radius 1 is 0.522 bits per heavy atom. The molecule has 0 atom stereocenters. The summed E-state index contributed by atoms with van der Waals surface area (Å²) in [7, 11) is 0. The van der Waals surface area contributed by atoms with E-state index in [9.17, 15) is 0 Å². The van der Waals surface area contributed by atoms with Crippen molar-refractivity contribution in [1.82, 2.24) is 0 Å². The Kier molecular flexibility index (Phi) is 40.0. The van der Waals surface area contributed by atoms with Gasteiger partial charge in [0.25, 0.3) is 0 Å². The molecule has 0 heterocycles. The maximum Gasteiger partial charge on any atom is 0.319 e. The van der Waals surface area contributed by atoms with Gasteiger partial charge in [-0.3, -0.25) is 0 Å². The zero-order chi connectivity index (χ0) is 18.7. The molecule has 0 aromatic heterocycles. The largest absolute Gasteiger partial charge is 0.325 e. The predicted octanol–water partition coefficient (Wildman–Crippen LogP) is 3.55. The van der Waals surface area contributed by atoms with E-state index in [1.54, 1.807) is 0 Å². The molecule has 151 valence electrons. The van der Waals surface area contributed by atoms with Gasteiger partial charge in [0.05, 0.1) is 0 Å². The molecule has 0 aromatic carbocycles. The Bertz CT molecular complexity index is 234. The number of hydrogen-bond donors (Lipinski definition) is 6. The third kappa shape index (κ3) is 191. The summed E-state index contributed by atoms with van der Waals surface area (Å²) in [6.07, 6.45) is 11.1. The maximum atomic E-state index is 7.56. The molecule has 11 heteroatoms. The van der Waals surface area contributed by atoms with Crippen LogP contribution in [0, 0.1) is 0 Å². The van der Waals surface area contributed by atoms with Crippen LogP contribution in [0.15, 0.2) is 0 Å². The average Bonchev–Trinajstić information content (AvgIpc) is 2.30. The quantitative estimate of drug-likeness (QED) is 0.201. The average molecular weight is 464 g/mol. The van der Waals surface area contributed by atoms with Crippen LogP contribution in [-0.2, 0) is 40.7 Å². The van der Waals surface area contributed by atoms with E-state index < -0.39 is 13.4 Å². The van der Waals surface area contributed by atoms with E-state index in [2.05, 4.69) is 51.3 Å². The molecule has 6 nitrogen and oxygen atoms in total. The fraction of sp³-hybridized carbons (Fsp3) is 1.00. The Morgan fingerprint density at radius 2 is 0.609 bits per heavy atom. The molecule has 0 rings (SSSR count). The molecule has 0 aliphatic rings. The molecule has 0 amide bonds. The molecule has 0 aromatic rings. The first-order chi connectivity index (χ1) is 9.83. The third-order valence-corrected chi connectivity index (χ3v) is 1.91. The molecule has 0 aliphatic heterocycles. The zero-order valence-electron chi connectivity index (χ0n) is 14.4. The second kappa shape index (κ2) is 25.8. The van der Waals surface area contributed by atoms with Crippen LogP contribution in [0.1, 0.15) is 79.1 Å². The van der Waals surface area contributed by atoms with Gasteiger partial charge in [0, 0.05) is 17.1 Å². The van der Waals surface area contributed by atoms with Gasteiger partial charge < -0.3 is 29.4 Å². The molecule has 0 saturated heterocycles. The number of rotatable bonds is 6. The van der Waals surface area contributed by atoms with Gasteiger partial charge in [-0.15, -0.1) is 0 Å². The summed E-state index contributed by atoms with van der Waals surface area (Å²) in [5, 5.41) is 0. The van der Waals surface area contributed by atoms with E-state index in [1.807, 2.05) is 0 Å². The monoisotopic (exact) mass is 463 g/mol. The van der Waals surface area contributed by atoms with Crippen molar-refractivity contribution in [3.05, 3.63) is 0 Å². The zero-order valence-corrected chi connectivity index (χ0v) is 18.7. The summed E-state index contributed by atoms with van der Waals surface area (Å²) < 4.78 is 0. The molecule has 23 heavy (non-hydrogen) atoms. The summed E-state index contributed by atoms with van der Waals surface area (Å²) in [5.41, 5.74) is 0. The van der Waals surface area contributed by atoms with Crippen LogP contribution in [0.25, 0.3) is 0 Å². The normalized spacial score (nSPS) is 9.83. The van der Waals surface area contributed by atoms with E-state index in [1.165, 1.54) is 51.4 Å². The summed E-state index contributed by atoms with van der Waals surface area (Å²) in [4.78, 5) is 45.3. The second-order valence-electron chi connectivity index (χ2n) is 4.44. The van der Waals surface area contributed by atoms with E-state index >= 15 is 0 Å². The van der Waals surface area contributed by atoms with Crippen LogP contribution < -0.4 is 0 Å². The van der Waals surface area contributed by atoms with Crippen LogP contribution in [0.5, 0.6) is 0 Å². The maximum absolute atomic E-state index is 7.56. The van der Waals surface area contributed by atoms with Crippen molar-refractivity contribution in [3.8, 4) is 0 Å². The van der Waals surface area contributed by atoms with Crippen LogP contribution >= 0.6 is 13.4 Å². The van der Waals surface area contributed by atoms with Crippen molar-refractivity contribution in [2.24, 2.45) is 0 Å². The first-order valence-electron chi connectivity index (χ1n) is 7.39. The smallest absolute Gasteiger partial charge is 0.319 e. The summed E-state index contributed by atoms with van der Waals surface area (Å²) >= 11 is 7.21. The molecule has 0 unspecified atom stereocenters. The summed E-state index contributed by atoms with van der Waals surface area (Å²) in [5.74, 6) is 0. The van der Waals surface area contributed by atoms with Gasteiger partial charge in [-0.25, -0.2) is 0 Å². The number of hydrogen-bond acceptors (Lipinski definition) is 2. The Hall–Kier alpha value is 1.58. The van der Waals surface area contributed by atoms with Crippen molar-refractivity contribution >= 4 is 37.1 Å².